The summed E-state index contributed by atoms with van der Waals surface area (Å²) in [6.07, 6.45) is -0.442. The Hall–Kier alpha value is 0.680. The lowest BCUT2D eigenvalue weighted by atomic mass is 10.2. The summed E-state index contributed by atoms with van der Waals surface area (Å²) in [6.45, 7) is 1.11. The zero-order valence-electron chi connectivity index (χ0n) is 8.71. The maximum atomic E-state index is 6.12. The number of halogens is 4. The molecule has 1 heterocycles. The quantitative estimate of drug-likeness (QED) is 0.638. The second-order valence-electron chi connectivity index (χ2n) is 3.70. The average molecular weight is 405 g/mol. The van der Waals surface area contributed by atoms with Crippen LogP contribution in [0.2, 0.25) is 10.0 Å². The van der Waals surface area contributed by atoms with Crippen molar-refractivity contribution in [3.63, 3.8) is 0 Å². The predicted octanol–water partition coefficient (Wildman–Crippen LogP) is 4.57. The van der Waals surface area contributed by atoms with E-state index in [0.717, 1.165) is 5.56 Å². The average Bonchev–Trinajstić information content (AvgIpc) is 2.44. The van der Waals surface area contributed by atoms with Gasteiger partial charge in [-0.25, -0.2) is 0 Å². The number of hydrogen-bond acceptors (Lipinski definition) is 2. The lowest BCUT2D eigenvalue weighted by molar-refractivity contribution is -0.129. The topological polar surface area (TPSA) is 18.5 Å². The minimum Gasteiger partial charge on any atom is -0.347 e. The fraction of sp³-hybridized carbons (Fsp3) is 0.455. The zero-order chi connectivity index (χ0) is 12.4. The number of benzene rings is 1. The van der Waals surface area contributed by atoms with E-state index in [-0.39, 0.29) is 9.65 Å². The second kappa shape index (κ2) is 6.22. The first-order valence-corrected chi connectivity index (χ1v) is 7.63. The fourth-order valence-corrected chi connectivity index (χ4v) is 2.60. The third-order valence-corrected chi connectivity index (χ3v) is 5.50. The van der Waals surface area contributed by atoms with E-state index < -0.39 is 6.29 Å². The van der Waals surface area contributed by atoms with Gasteiger partial charge in [-0.3, -0.25) is 0 Å². The fourth-order valence-electron chi connectivity index (χ4n) is 1.49. The number of ether oxygens (including phenoxy) is 2. The molecule has 2 atom stereocenters. The number of rotatable bonds is 1. The third-order valence-electron chi connectivity index (χ3n) is 2.42. The molecule has 0 spiro atoms. The van der Waals surface area contributed by atoms with Crippen LogP contribution in [0.3, 0.4) is 0 Å². The highest BCUT2D eigenvalue weighted by Gasteiger charge is 2.26. The van der Waals surface area contributed by atoms with Crippen LogP contribution in [0, 0.1) is 0 Å². The van der Waals surface area contributed by atoms with Gasteiger partial charge < -0.3 is 9.47 Å². The van der Waals surface area contributed by atoms with Crippen LogP contribution in [-0.2, 0) is 9.47 Å². The molecule has 2 nitrogen and oxygen atoms in total. The van der Waals surface area contributed by atoms with E-state index in [0.29, 0.717) is 23.3 Å². The van der Waals surface area contributed by atoms with Crippen LogP contribution in [0.15, 0.2) is 18.2 Å². The Morgan fingerprint density at radius 3 is 2.18 bits per heavy atom. The maximum absolute atomic E-state index is 6.12. The van der Waals surface area contributed by atoms with Crippen molar-refractivity contribution in [2.24, 2.45) is 0 Å². The summed E-state index contributed by atoms with van der Waals surface area (Å²) >= 11 is 19.0. The Morgan fingerprint density at radius 1 is 1.06 bits per heavy atom. The first-order chi connectivity index (χ1) is 8.08. The van der Waals surface area contributed by atoms with E-state index in [2.05, 4.69) is 31.9 Å². The van der Waals surface area contributed by atoms with Gasteiger partial charge in [0, 0.05) is 10.6 Å². The van der Waals surface area contributed by atoms with Crippen LogP contribution < -0.4 is 0 Å². The monoisotopic (exact) mass is 402 g/mol. The highest BCUT2D eigenvalue weighted by atomic mass is 79.9. The predicted molar refractivity (Wildman–Crippen MR) is 76.5 cm³/mol. The molecule has 1 fully saturated rings. The minimum atomic E-state index is -0.442. The first kappa shape index (κ1) is 14.1. The maximum Gasteiger partial charge on any atom is 0.185 e. The molecular weight excluding hydrogens is 395 g/mol. The smallest absolute Gasteiger partial charge is 0.185 e. The molecule has 0 saturated carbocycles. The van der Waals surface area contributed by atoms with Crippen molar-refractivity contribution in [2.45, 2.75) is 15.9 Å². The lowest BCUT2D eigenvalue weighted by Gasteiger charge is -2.17. The number of hydrogen-bond donors (Lipinski definition) is 0. The van der Waals surface area contributed by atoms with E-state index in [1.54, 1.807) is 12.1 Å². The van der Waals surface area contributed by atoms with Crippen LogP contribution in [0.5, 0.6) is 0 Å². The van der Waals surface area contributed by atoms with Crippen molar-refractivity contribution >= 4 is 55.1 Å². The SMILES string of the molecule is Clc1ccc(C2OC[C@H](Br)[C@@H](Br)CO2)c(Cl)c1. The van der Waals surface area contributed by atoms with Crippen molar-refractivity contribution < 1.29 is 9.47 Å². The van der Waals surface area contributed by atoms with E-state index in [1.807, 2.05) is 6.07 Å². The van der Waals surface area contributed by atoms with Gasteiger partial charge in [-0.2, -0.15) is 0 Å². The molecule has 1 aliphatic rings. The van der Waals surface area contributed by atoms with E-state index in [1.165, 1.54) is 0 Å². The summed E-state index contributed by atoms with van der Waals surface area (Å²) in [6, 6.07) is 5.29. The molecule has 0 radical (unpaired) electrons. The van der Waals surface area contributed by atoms with Gasteiger partial charge in [0.1, 0.15) is 0 Å². The van der Waals surface area contributed by atoms with E-state index >= 15 is 0 Å². The first-order valence-electron chi connectivity index (χ1n) is 5.04. The van der Waals surface area contributed by atoms with Gasteiger partial charge >= 0.3 is 0 Å². The van der Waals surface area contributed by atoms with Gasteiger partial charge in [-0.15, -0.1) is 0 Å². The van der Waals surface area contributed by atoms with Crippen molar-refractivity contribution in [3.05, 3.63) is 33.8 Å². The lowest BCUT2D eigenvalue weighted by Crippen LogP contribution is -2.19. The summed E-state index contributed by atoms with van der Waals surface area (Å²) < 4.78 is 11.3. The molecule has 0 bridgehead atoms. The Balaban J connectivity index is 2.17. The summed E-state index contributed by atoms with van der Waals surface area (Å²) in [7, 11) is 0. The van der Waals surface area contributed by atoms with Crippen LogP contribution in [0.4, 0.5) is 0 Å². The third kappa shape index (κ3) is 3.58. The standard InChI is InChI=1S/C11H10Br2Cl2O2/c12-8-4-16-11(17-5-9(8)13)7-2-1-6(14)3-10(7)15/h1-3,8-9,11H,4-5H2/t8-,9-/m0/s1. The molecule has 1 aliphatic heterocycles. The molecule has 0 aromatic heterocycles. The van der Waals surface area contributed by atoms with Crippen molar-refractivity contribution in [2.75, 3.05) is 13.2 Å². The molecule has 0 unspecified atom stereocenters. The normalized spacial score (nSPS) is 26.8. The van der Waals surface area contributed by atoms with Crippen molar-refractivity contribution in [1.82, 2.24) is 0 Å². The van der Waals surface area contributed by atoms with Gasteiger partial charge in [0.2, 0.25) is 0 Å². The zero-order valence-corrected chi connectivity index (χ0v) is 13.4. The Kier molecular flexibility index (Phi) is 5.16. The van der Waals surface area contributed by atoms with Gasteiger partial charge in [-0.05, 0) is 12.1 Å². The van der Waals surface area contributed by atoms with Crippen molar-refractivity contribution in [1.29, 1.82) is 0 Å². The van der Waals surface area contributed by atoms with Gasteiger partial charge in [0.05, 0.1) is 27.9 Å². The molecule has 1 aromatic carbocycles. The van der Waals surface area contributed by atoms with Gasteiger partial charge in [0.25, 0.3) is 0 Å². The molecule has 6 heteroatoms. The molecule has 17 heavy (non-hydrogen) atoms. The molecule has 0 N–H and O–H groups in total. The summed E-state index contributed by atoms with van der Waals surface area (Å²) in [4.78, 5) is 0.442. The molecule has 0 aliphatic carbocycles. The molecule has 2 rings (SSSR count). The Bertz CT molecular complexity index is 391. The molecule has 94 valence electrons. The van der Waals surface area contributed by atoms with Crippen LogP contribution in [0.25, 0.3) is 0 Å². The number of alkyl halides is 2. The molecule has 1 saturated heterocycles. The van der Waals surface area contributed by atoms with Crippen molar-refractivity contribution in [3.8, 4) is 0 Å². The Morgan fingerprint density at radius 2 is 1.65 bits per heavy atom. The Labute approximate surface area is 127 Å². The highest BCUT2D eigenvalue weighted by molar-refractivity contribution is 9.12. The summed E-state index contributed by atoms with van der Waals surface area (Å²) in [5, 5.41) is 1.16. The van der Waals surface area contributed by atoms with Crippen LogP contribution in [0.1, 0.15) is 11.9 Å². The van der Waals surface area contributed by atoms with Gasteiger partial charge in [0.15, 0.2) is 6.29 Å². The largest absolute Gasteiger partial charge is 0.347 e. The van der Waals surface area contributed by atoms with Crippen LogP contribution in [-0.4, -0.2) is 22.9 Å². The summed E-state index contributed by atoms with van der Waals surface area (Å²) in [5.41, 5.74) is 0.803. The van der Waals surface area contributed by atoms with E-state index in [9.17, 15) is 0 Å². The minimum absolute atomic E-state index is 0.221. The van der Waals surface area contributed by atoms with Crippen LogP contribution >= 0.6 is 55.1 Å². The second-order valence-corrected chi connectivity index (χ2v) is 6.89. The van der Waals surface area contributed by atoms with E-state index in [4.69, 9.17) is 32.7 Å². The molecular formula is C11H10Br2Cl2O2. The van der Waals surface area contributed by atoms with Gasteiger partial charge in [-0.1, -0.05) is 61.1 Å². The summed E-state index contributed by atoms with van der Waals surface area (Å²) in [5.74, 6) is 0. The molecule has 1 aromatic rings. The molecule has 0 amide bonds. The highest BCUT2D eigenvalue weighted by Crippen LogP contribution is 2.32.